The predicted octanol–water partition coefficient (Wildman–Crippen LogP) is 1.19. The Morgan fingerprint density at radius 2 is 2.33 bits per heavy atom. The van der Waals surface area contributed by atoms with Crippen LogP contribution in [-0.4, -0.2) is 44.0 Å². The number of aromatic nitrogens is 2. The Morgan fingerprint density at radius 1 is 1.61 bits per heavy atom. The molecule has 6 nitrogen and oxygen atoms in total. The number of amides is 2. The molecule has 1 fully saturated rings. The van der Waals surface area contributed by atoms with Crippen LogP contribution in [0.25, 0.3) is 0 Å². The molecule has 1 atom stereocenters. The molecular formula is C12H20N4O2. The van der Waals surface area contributed by atoms with Crippen molar-refractivity contribution in [2.45, 2.75) is 38.3 Å². The van der Waals surface area contributed by atoms with Gasteiger partial charge in [0.25, 0.3) is 0 Å². The molecule has 1 aliphatic heterocycles. The number of hydrogen-bond acceptors (Lipinski definition) is 3. The monoisotopic (exact) mass is 252 g/mol. The number of hydrogen-bond donors (Lipinski definition) is 2. The van der Waals surface area contributed by atoms with Gasteiger partial charge in [0.2, 0.25) is 0 Å². The van der Waals surface area contributed by atoms with Crippen molar-refractivity contribution in [3.8, 4) is 0 Å². The summed E-state index contributed by atoms with van der Waals surface area (Å²) in [5.41, 5.74) is -0.202. The second-order valence-corrected chi connectivity index (χ2v) is 5.34. The Hall–Kier alpha value is -1.56. The molecule has 6 heteroatoms. The summed E-state index contributed by atoms with van der Waals surface area (Å²) in [6, 6.07) is -0.304. The molecule has 1 aromatic heterocycles. The Bertz CT molecular complexity index is 436. The van der Waals surface area contributed by atoms with E-state index < -0.39 is 5.60 Å². The first-order valence-corrected chi connectivity index (χ1v) is 6.16. The lowest BCUT2D eigenvalue weighted by atomic mass is 9.97. The lowest BCUT2D eigenvalue weighted by Gasteiger charge is -2.33. The average Bonchev–Trinajstić information content (AvgIpc) is 2.85. The molecule has 0 radical (unpaired) electrons. The lowest BCUT2D eigenvalue weighted by Crippen LogP contribution is -2.49. The maximum absolute atomic E-state index is 12.1. The van der Waals surface area contributed by atoms with Crippen molar-refractivity contribution in [2.75, 3.05) is 11.9 Å². The fourth-order valence-corrected chi connectivity index (χ4v) is 2.43. The van der Waals surface area contributed by atoms with E-state index in [9.17, 15) is 9.90 Å². The highest BCUT2D eigenvalue weighted by molar-refractivity contribution is 5.89. The van der Waals surface area contributed by atoms with Crippen molar-refractivity contribution < 1.29 is 9.90 Å². The van der Waals surface area contributed by atoms with Gasteiger partial charge in [-0.2, -0.15) is 5.10 Å². The number of carbonyl (C=O) groups excluding carboxylic acids is 1. The highest BCUT2D eigenvalue weighted by Gasteiger charge is 2.38. The maximum Gasteiger partial charge on any atom is 0.322 e. The van der Waals surface area contributed by atoms with E-state index >= 15 is 0 Å². The minimum Gasteiger partial charge on any atom is -0.388 e. The van der Waals surface area contributed by atoms with Gasteiger partial charge in [-0.25, -0.2) is 4.79 Å². The zero-order valence-electron chi connectivity index (χ0n) is 11.1. The van der Waals surface area contributed by atoms with Crippen LogP contribution in [-0.2, 0) is 7.05 Å². The zero-order chi connectivity index (χ0) is 13.3. The molecule has 100 valence electrons. The van der Waals surface area contributed by atoms with Gasteiger partial charge in [-0.05, 0) is 26.7 Å². The second-order valence-electron chi connectivity index (χ2n) is 5.34. The first kappa shape index (κ1) is 12.9. The van der Waals surface area contributed by atoms with Crippen molar-refractivity contribution in [3.05, 3.63) is 12.4 Å². The highest BCUT2D eigenvalue weighted by Crippen LogP contribution is 2.27. The molecule has 2 rings (SSSR count). The van der Waals surface area contributed by atoms with Gasteiger partial charge in [0.05, 0.1) is 23.5 Å². The van der Waals surface area contributed by atoms with E-state index in [0.29, 0.717) is 12.2 Å². The standard InChI is InChI=1S/C12H20N4O2/c1-12(2,18)10-5-4-6-16(10)11(17)14-9-7-13-15(3)8-9/h7-8,10,18H,4-6H2,1-3H3,(H,14,17). The van der Waals surface area contributed by atoms with E-state index in [1.807, 2.05) is 0 Å². The Morgan fingerprint density at radius 3 is 2.89 bits per heavy atom. The third-order valence-corrected chi connectivity index (χ3v) is 3.29. The molecule has 1 aliphatic rings. The van der Waals surface area contributed by atoms with Crippen LogP contribution in [0.1, 0.15) is 26.7 Å². The summed E-state index contributed by atoms with van der Waals surface area (Å²) in [5, 5.41) is 16.9. The van der Waals surface area contributed by atoms with Gasteiger partial charge < -0.3 is 15.3 Å². The van der Waals surface area contributed by atoms with Crippen LogP contribution in [0.2, 0.25) is 0 Å². The van der Waals surface area contributed by atoms with E-state index in [-0.39, 0.29) is 12.1 Å². The van der Waals surface area contributed by atoms with E-state index in [4.69, 9.17) is 0 Å². The maximum atomic E-state index is 12.1. The van der Waals surface area contributed by atoms with Crippen molar-refractivity contribution in [2.24, 2.45) is 7.05 Å². The summed E-state index contributed by atoms with van der Waals surface area (Å²) in [6.07, 6.45) is 5.11. The summed E-state index contributed by atoms with van der Waals surface area (Å²) in [7, 11) is 1.80. The van der Waals surface area contributed by atoms with Gasteiger partial charge in [-0.15, -0.1) is 0 Å². The normalized spacial score (nSPS) is 20.2. The fraction of sp³-hybridized carbons (Fsp3) is 0.667. The number of anilines is 1. The van der Waals surface area contributed by atoms with Crippen molar-refractivity contribution >= 4 is 11.7 Å². The van der Waals surface area contributed by atoms with Gasteiger partial charge in [-0.1, -0.05) is 0 Å². The van der Waals surface area contributed by atoms with Gasteiger partial charge in [0.1, 0.15) is 0 Å². The molecule has 18 heavy (non-hydrogen) atoms. The minimum absolute atomic E-state index is 0.130. The number of urea groups is 1. The Labute approximate surface area is 107 Å². The van der Waals surface area contributed by atoms with Crippen LogP contribution in [0.5, 0.6) is 0 Å². The van der Waals surface area contributed by atoms with Crippen LogP contribution in [0.3, 0.4) is 0 Å². The van der Waals surface area contributed by atoms with Crippen LogP contribution >= 0.6 is 0 Å². The SMILES string of the molecule is Cn1cc(NC(=O)N2CCCC2C(C)(C)O)cn1. The molecule has 0 aromatic carbocycles. The van der Waals surface area contributed by atoms with E-state index in [1.165, 1.54) is 0 Å². The van der Waals surface area contributed by atoms with E-state index in [1.54, 1.807) is 42.9 Å². The fourth-order valence-electron chi connectivity index (χ4n) is 2.43. The second kappa shape index (κ2) is 4.61. The van der Waals surface area contributed by atoms with Gasteiger partial charge in [0.15, 0.2) is 0 Å². The summed E-state index contributed by atoms with van der Waals surface area (Å²) < 4.78 is 1.63. The third-order valence-electron chi connectivity index (χ3n) is 3.29. The number of likely N-dealkylation sites (tertiary alicyclic amines) is 1. The topological polar surface area (TPSA) is 70.4 Å². The number of aliphatic hydroxyl groups is 1. The smallest absolute Gasteiger partial charge is 0.322 e. The summed E-state index contributed by atoms with van der Waals surface area (Å²) in [4.78, 5) is 13.8. The molecule has 1 saturated heterocycles. The van der Waals surface area contributed by atoms with E-state index in [2.05, 4.69) is 10.4 Å². The molecule has 0 spiro atoms. The first-order valence-electron chi connectivity index (χ1n) is 6.16. The summed E-state index contributed by atoms with van der Waals surface area (Å²) in [6.45, 7) is 4.17. The zero-order valence-corrected chi connectivity index (χ0v) is 11.1. The van der Waals surface area contributed by atoms with Crippen molar-refractivity contribution in [1.29, 1.82) is 0 Å². The molecule has 1 aromatic rings. The molecule has 0 aliphatic carbocycles. The van der Waals surface area contributed by atoms with E-state index in [0.717, 1.165) is 12.8 Å². The van der Waals surface area contributed by atoms with Crippen molar-refractivity contribution in [3.63, 3.8) is 0 Å². The van der Waals surface area contributed by atoms with Crippen LogP contribution in [0.15, 0.2) is 12.4 Å². The number of carbonyl (C=O) groups is 1. The molecular weight excluding hydrogens is 232 g/mol. The van der Waals surface area contributed by atoms with Crippen LogP contribution < -0.4 is 5.32 Å². The van der Waals surface area contributed by atoms with Gasteiger partial charge in [0, 0.05) is 19.8 Å². The molecule has 2 heterocycles. The molecule has 1 unspecified atom stereocenters. The van der Waals surface area contributed by atoms with Crippen molar-refractivity contribution in [1.82, 2.24) is 14.7 Å². The molecule has 0 bridgehead atoms. The predicted molar refractivity (Wildman–Crippen MR) is 68.3 cm³/mol. The summed E-state index contributed by atoms with van der Waals surface area (Å²) >= 11 is 0. The van der Waals surface area contributed by atoms with Gasteiger partial charge in [-0.3, -0.25) is 4.68 Å². The lowest BCUT2D eigenvalue weighted by molar-refractivity contribution is 0.0117. The minimum atomic E-state index is -0.872. The largest absolute Gasteiger partial charge is 0.388 e. The quantitative estimate of drug-likeness (QED) is 0.830. The number of rotatable bonds is 2. The Kier molecular flexibility index (Phi) is 3.30. The number of aryl methyl sites for hydroxylation is 1. The molecule has 2 N–H and O–H groups in total. The number of nitrogens with one attached hydrogen (secondary N) is 1. The Balaban J connectivity index is 2.04. The van der Waals surface area contributed by atoms with Crippen LogP contribution in [0.4, 0.5) is 10.5 Å². The average molecular weight is 252 g/mol. The third kappa shape index (κ3) is 2.64. The first-order chi connectivity index (χ1) is 8.38. The molecule has 0 saturated carbocycles. The molecule has 2 amide bonds. The van der Waals surface area contributed by atoms with Gasteiger partial charge >= 0.3 is 6.03 Å². The summed E-state index contributed by atoms with van der Waals surface area (Å²) in [5.74, 6) is 0. The number of nitrogens with zero attached hydrogens (tertiary/aromatic N) is 3. The highest BCUT2D eigenvalue weighted by atomic mass is 16.3. The van der Waals surface area contributed by atoms with Crippen LogP contribution in [0, 0.1) is 0 Å².